The molecule has 1 saturated heterocycles. The predicted octanol–water partition coefficient (Wildman–Crippen LogP) is 1.75. The summed E-state index contributed by atoms with van der Waals surface area (Å²) in [6, 6.07) is 0.495. The van der Waals surface area contributed by atoms with Gasteiger partial charge >= 0.3 is 0 Å². The van der Waals surface area contributed by atoms with Crippen molar-refractivity contribution >= 4 is 21.7 Å². The summed E-state index contributed by atoms with van der Waals surface area (Å²) in [4.78, 5) is 10.5. The fourth-order valence-corrected chi connectivity index (χ4v) is 2.23. The van der Waals surface area contributed by atoms with E-state index in [1.54, 1.807) is 12.5 Å². The Hall–Kier alpha value is -0.680. The average Bonchev–Trinajstić information content (AvgIpc) is 2.22. The molecule has 0 saturated carbocycles. The minimum atomic E-state index is 0.495. The van der Waals surface area contributed by atoms with E-state index in [4.69, 9.17) is 0 Å². The van der Waals surface area contributed by atoms with Crippen molar-refractivity contribution in [3.63, 3.8) is 0 Å². The van der Waals surface area contributed by atoms with E-state index in [1.165, 1.54) is 19.4 Å². The number of nitrogens with one attached hydrogen (secondary N) is 1. The van der Waals surface area contributed by atoms with E-state index in [-0.39, 0.29) is 0 Å². The molecule has 1 unspecified atom stereocenters. The molecule has 0 aliphatic carbocycles. The number of rotatable bonds is 2. The van der Waals surface area contributed by atoms with Gasteiger partial charge in [0.15, 0.2) is 0 Å². The van der Waals surface area contributed by atoms with E-state index >= 15 is 0 Å². The maximum Gasteiger partial charge on any atom is 0.143 e. The number of piperidine rings is 1. The smallest absolute Gasteiger partial charge is 0.143 e. The van der Waals surface area contributed by atoms with Gasteiger partial charge in [0, 0.05) is 18.8 Å². The van der Waals surface area contributed by atoms with Gasteiger partial charge in [-0.2, -0.15) is 0 Å². The Bertz CT molecular complexity index is 331. The number of halogens is 1. The summed E-state index contributed by atoms with van der Waals surface area (Å²) in [6.45, 7) is 2.28. The molecule has 0 spiro atoms. The molecule has 1 N–H and O–H groups in total. The largest absolute Gasteiger partial charge is 0.365 e. The molecule has 4 nitrogen and oxygen atoms in total. The van der Waals surface area contributed by atoms with E-state index in [1.807, 2.05) is 0 Å². The van der Waals surface area contributed by atoms with Crippen molar-refractivity contribution in [2.75, 3.05) is 25.5 Å². The molecule has 1 atom stereocenters. The molecule has 2 rings (SSSR count). The molecular weight excluding hydrogens is 256 g/mol. The van der Waals surface area contributed by atoms with Crippen LogP contribution in [0.5, 0.6) is 0 Å². The molecule has 0 radical (unpaired) electrons. The number of anilines is 1. The van der Waals surface area contributed by atoms with Crippen molar-refractivity contribution < 1.29 is 0 Å². The minimum absolute atomic E-state index is 0.495. The first-order valence-corrected chi connectivity index (χ1v) is 5.95. The van der Waals surface area contributed by atoms with Crippen LogP contribution in [-0.4, -0.2) is 41.0 Å². The van der Waals surface area contributed by atoms with E-state index < -0.39 is 0 Å². The van der Waals surface area contributed by atoms with Crippen LogP contribution in [0.4, 0.5) is 5.82 Å². The maximum absolute atomic E-state index is 4.21. The summed E-state index contributed by atoms with van der Waals surface area (Å²) in [5.41, 5.74) is 0. The quantitative estimate of drug-likeness (QED) is 0.889. The van der Waals surface area contributed by atoms with Gasteiger partial charge in [0.1, 0.15) is 12.1 Å². The van der Waals surface area contributed by atoms with Gasteiger partial charge in [-0.25, -0.2) is 9.97 Å². The average molecular weight is 271 g/mol. The number of hydrogen-bond donors (Lipinski definition) is 1. The van der Waals surface area contributed by atoms with Crippen LogP contribution in [-0.2, 0) is 0 Å². The van der Waals surface area contributed by atoms with Gasteiger partial charge in [0.25, 0.3) is 0 Å². The van der Waals surface area contributed by atoms with Crippen LogP contribution in [0.1, 0.15) is 12.8 Å². The third kappa shape index (κ3) is 2.89. The summed E-state index contributed by atoms with van der Waals surface area (Å²) < 4.78 is 0.929. The van der Waals surface area contributed by atoms with Crippen molar-refractivity contribution in [1.82, 2.24) is 14.9 Å². The van der Waals surface area contributed by atoms with Crippen LogP contribution in [0.15, 0.2) is 17.0 Å². The summed E-state index contributed by atoms with van der Waals surface area (Å²) >= 11 is 3.44. The van der Waals surface area contributed by atoms with Crippen molar-refractivity contribution in [2.45, 2.75) is 18.9 Å². The molecule has 0 bridgehead atoms. The van der Waals surface area contributed by atoms with Gasteiger partial charge in [-0.1, -0.05) is 0 Å². The van der Waals surface area contributed by atoms with Crippen LogP contribution < -0.4 is 5.32 Å². The van der Waals surface area contributed by atoms with E-state index in [0.717, 1.165) is 16.8 Å². The molecule has 0 aromatic carbocycles. The Balaban J connectivity index is 1.99. The van der Waals surface area contributed by atoms with Crippen molar-refractivity contribution in [3.8, 4) is 0 Å². The predicted molar refractivity (Wildman–Crippen MR) is 63.9 cm³/mol. The summed E-state index contributed by atoms with van der Waals surface area (Å²) in [7, 11) is 2.16. The molecule has 1 fully saturated rings. The van der Waals surface area contributed by atoms with Gasteiger partial charge in [0.05, 0.1) is 4.47 Å². The lowest BCUT2D eigenvalue weighted by molar-refractivity contribution is 0.260. The van der Waals surface area contributed by atoms with E-state index in [0.29, 0.717) is 6.04 Å². The summed E-state index contributed by atoms with van der Waals surface area (Å²) in [5, 5.41) is 3.44. The molecule has 1 aromatic rings. The lowest BCUT2D eigenvalue weighted by Crippen LogP contribution is -2.39. The van der Waals surface area contributed by atoms with Crippen molar-refractivity contribution in [3.05, 3.63) is 17.0 Å². The van der Waals surface area contributed by atoms with Crippen LogP contribution in [0, 0.1) is 0 Å². The molecular formula is C10H15BrN4. The lowest BCUT2D eigenvalue weighted by atomic mass is 10.1. The van der Waals surface area contributed by atoms with Gasteiger partial charge in [-0.15, -0.1) is 0 Å². The Morgan fingerprint density at radius 1 is 1.60 bits per heavy atom. The number of aromatic nitrogens is 2. The molecule has 0 amide bonds. The zero-order chi connectivity index (χ0) is 10.7. The molecule has 1 aromatic heterocycles. The Labute approximate surface area is 98.2 Å². The van der Waals surface area contributed by atoms with Crippen LogP contribution >= 0.6 is 15.9 Å². The second kappa shape index (κ2) is 4.90. The highest BCUT2D eigenvalue weighted by atomic mass is 79.9. The third-order valence-corrected chi connectivity index (χ3v) is 3.21. The molecule has 82 valence electrons. The molecule has 2 heterocycles. The highest BCUT2D eigenvalue weighted by Gasteiger charge is 2.17. The summed E-state index contributed by atoms with van der Waals surface area (Å²) in [5.74, 6) is 0.894. The monoisotopic (exact) mass is 270 g/mol. The molecule has 5 heteroatoms. The second-order valence-corrected chi connectivity index (χ2v) is 4.82. The fraction of sp³-hybridized carbons (Fsp3) is 0.600. The SMILES string of the molecule is CN1CCCC(Nc2ncncc2Br)C1. The first kappa shape index (κ1) is 10.8. The Kier molecular flexibility index (Phi) is 3.53. The van der Waals surface area contributed by atoms with Gasteiger partial charge in [-0.05, 0) is 42.4 Å². The van der Waals surface area contributed by atoms with Crippen molar-refractivity contribution in [1.29, 1.82) is 0 Å². The Morgan fingerprint density at radius 2 is 2.47 bits per heavy atom. The Morgan fingerprint density at radius 3 is 3.20 bits per heavy atom. The minimum Gasteiger partial charge on any atom is -0.365 e. The molecule has 1 aliphatic heterocycles. The first-order valence-electron chi connectivity index (χ1n) is 5.16. The highest BCUT2D eigenvalue weighted by Crippen LogP contribution is 2.20. The maximum atomic E-state index is 4.21. The van der Waals surface area contributed by atoms with Gasteiger partial charge in [-0.3, -0.25) is 0 Å². The first-order chi connectivity index (χ1) is 7.25. The standard InChI is InChI=1S/C10H15BrN4/c1-15-4-2-3-8(6-15)14-10-9(11)5-12-7-13-10/h5,7-8H,2-4,6H2,1H3,(H,12,13,14). The van der Waals surface area contributed by atoms with Crippen LogP contribution in [0.2, 0.25) is 0 Å². The van der Waals surface area contributed by atoms with Gasteiger partial charge < -0.3 is 10.2 Å². The highest BCUT2D eigenvalue weighted by molar-refractivity contribution is 9.10. The lowest BCUT2D eigenvalue weighted by Gasteiger charge is -2.30. The van der Waals surface area contributed by atoms with E-state index in [9.17, 15) is 0 Å². The van der Waals surface area contributed by atoms with Crippen molar-refractivity contribution in [2.24, 2.45) is 0 Å². The fourth-order valence-electron chi connectivity index (χ4n) is 1.90. The topological polar surface area (TPSA) is 41.0 Å². The summed E-state index contributed by atoms with van der Waals surface area (Å²) in [6.07, 6.45) is 5.79. The zero-order valence-electron chi connectivity index (χ0n) is 8.78. The third-order valence-electron chi connectivity index (χ3n) is 2.63. The molecule has 15 heavy (non-hydrogen) atoms. The second-order valence-electron chi connectivity index (χ2n) is 3.97. The normalized spacial score (nSPS) is 22.7. The number of likely N-dealkylation sites (tertiary alicyclic amines) is 1. The van der Waals surface area contributed by atoms with Crippen LogP contribution in [0.3, 0.4) is 0 Å². The van der Waals surface area contributed by atoms with Gasteiger partial charge in [0.2, 0.25) is 0 Å². The number of likely N-dealkylation sites (N-methyl/N-ethyl adjacent to an activating group) is 1. The zero-order valence-corrected chi connectivity index (χ0v) is 10.4. The number of hydrogen-bond acceptors (Lipinski definition) is 4. The molecule has 1 aliphatic rings. The number of nitrogens with zero attached hydrogens (tertiary/aromatic N) is 3. The van der Waals surface area contributed by atoms with Crippen LogP contribution in [0.25, 0.3) is 0 Å². The van der Waals surface area contributed by atoms with E-state index in [2.05, 4.69) is 43.2 Å².